The molecule has 2 N–H and O–H groups in total. The first-order valence-electron chi connectivity index (χ1n) is 15.7. The van der Waals surface area contributed by atoms with Gasteiger partial charge in [0.15, 0.2) is 0 Å². The number of nitrogens with one attached hydrogen (secondary N) is 1. The predicted octanol–water partition coefficient (Wildman–Crippen LogP) is 10.4. The minimum atomic E-state index is -1.45. The van der Waals surface area contributed by atoms with Gasteiger partial charge in [-0.3, -0.25) is 10.1 Å². The highest BCUT2D eigenvalue weighted by Crippen LogP contribution is 2.66. The number of nitro benzene ring substituents is 1. The number of nitrogens with zero attached hydrogens (tertiary/aromatic N) is 1. The maximum Gasteiger partial charge on any atom is 0.511 e. The average Bonchev–Trinajstić information content (AvgIpc) is 3.29. The number of hydrogen-bond donors (Lipinski definition) is 2. The third-order valence-electron chi connectivity index (χ3n) is 10.1. The van der Waals surface area contributed by atoms with Crippen molar-refractivity contribution in [3.05, 3.63) is 34.4 Å². The Balaban J connectivity index is 0.000000401. The highest BCUT2D eigenvalue weighted by Gasteiger charge is 2.59. The summed E-state index contributed by atoms with van der Waals surface area (Å²) in [5.41, 5.74) is 1.88. The number of rotatable bonds is 6. The Bertz CT molecular complexity index is 949. The number of carboxylic acid groups (broad SMARTS) is 1. The molecule has 0 aromatic heterocycles. The molecule has 4 rings (SSSR count). The highest BCUT2D eigenvalue weighted by atomic mass is 16.7. The summed E-state index contributed by atoms with van der Waals surface area (Å²) >= 11 is 0. The van der Waals surface area contributed by atoms with Crippen molar-refractivity contribution in [2.75, 3.05) is 0 Å². The lowest BCUT2D eigenvalue weighted by atomic mass is 9.46. The van der Waals surface area contributed by atoms with Crippen LogP contribution in [0.5, 0.6) is 5.75 Å². The maximum atomic E-state index is 10.2. The molecule has 3 saturated carbocycles. The summed E-state index contributed by atoms with van der Waals surface area (Å²) in [4.78, 5) is 19.6. The van der Waals surface area contributed by atoms with E-state index >= 15 is 0 Å². The van der Waals surface area contributed by atoms with Gasteiger partial charge < -0.3 is 15.3 Å². The molecule has 7 nitrogen and oxygen atoms in total. The molecular formula is C33H56N2O5. The second-order valence-electron chi connectivity index (χ2n) is 11.8. The summed E-state index contributed by atoms with van der Waals surface area (Å²) in [5.74, 6) is 4.41. The molecule has 3 aliphatic rings. The monoisotopic (exact) mass is 560 g/mol. The van der Waals surface area contributed by atoms with Crippen molar-refractivity contribution < 1.29 is 19.6 Å². The first kappa shape index (κ1) is 35.6. The largest absolute Gasteiger partial charge is 0.511 e. The Morgan fingerprint density at radius 2 is 1.62 bits per heavy atom. The third kappa shape index (κ3) is 7.85. The summed E-state index contributed by atoms with van der Waals surface area (Å²) in [6.07, 6.45) is 11.2. The predicted molar refractivity (Wildman–Crippen MR) is 164 cm³/mol. The first-order valence-corrected chi connectivity index (χ1v) is 15.7. The molecule has 1 aromatic rings. The first-order chi connectivity index (χ1) is 19.0. The fourth-order valence-corrected chi connectivity index (χ4v) is 8.58. The van der Waals surface area contributed by atoms with Crippen LogP contribution in [0.25, 0.3) is 0 Å². The van der Waals surface area contributed by atoms with E-state index < -0.39 is 11.1 Å². The van der Waals surface area contributed by atoms with Crippen LogP contribution in [0.1, 0.15) is 120 Å². The van der Waals surface area contributed by atoms with Crippen molar-refractivity contribution in [1.29, 1.82) is 5.41 Å². The lowest BCUT2D eigenvalue weighted by molar-refractivity contribution is -0.384. The van der Waals surface area contributed by atoms with Gasteiger partial charge in [0, 0.05) is 23.8 Å². The zero-order valence-corrected chi connectivity index (χ0v) is 26.6. The fraction of sp³-hybridized carbons (Fsp3) is 0.758. The Labute approximate surface area is 243 Å². The molecule has 0 heterocycles. The van der Waals surface area contributed by atoms with Crippen LogP contribution < -0.4 is 4.74 Å². The van der Waals surface area contributed by atoms with Crippen LogP contribution in [0.15, 0.2) is 24.3 Å². The van der Waals surface area contributed by atoms with Crippen molar-refractivity contribution in [2.24, 2.45) is 40.4 Å². The quantitative estimate of drug-likeness (QED) is 0.118. The highest BCUT2D eigenvalue weighted by molar-refractivity contribution is 5.82. The van der Waals surface area contributed by atoms with Gasteiger partial charge in [0.05, 0.1) is 4.92 Å². The van der Waals surface area contributed by atoms with E-state index in [1.807, 2.05) is 27.7 Å². The van der Waals surface area contributed by atoms with E-state index in [1.165, 1.54) is 69.9 Å². The van der Waals surface area contributed by atoms with Crippen LogP contribution in [-0.2, 0) is 0 Å². The number of non-ortho nitro benzene ring substituents is 1. The number of fused-ring (bicyclic) bond motifs is 3. The smallest absolute Gasteiger partial charge is 0.449 e. The Kier molecular flexibility index (Phi) is 14.3. The van der Waals surface area contributed by atoms with Gasteiger partial charge in [-0.25, -0.2) is 4.79 Å². The summed E-state index contributed by atoms with van der Waals surface area (Å²) in [6, 6.07) is 4.76. The Morgan fingerprint density at radius 1 is 1.02 bits per heavy atom. The van der Waals surface area contributed by atoms with E-state index in [2.05, 4.69) is 39.4 Å². The summed E-state index contributed by atoms with van der Waals surface area (Å²) in [5, 5.41) is 26.6. The minimum Gasteiger partial charge on any atom is -0.449 e. The van der Waals surface area contributed by atoms with Crippen LogP contribution in [0, 0.1) is 55.9 Å². The van der Waals surface area contributed by atoms with Crippen LogP contribution in [-0.4, -0.2) is 21.9 Å². The Hall–Kier alpha value is -2.44. The van der Waals surface area contributed by atoms with Crippen molar-refractivity contribution in [3.8, 4) is 5.75 Å². The molecular weight excluding hydrogens is 504 g/mol. The van der Waals surface area contributed by atoms with Crippen LogP contribution in [0.2, 0.25) is 0 Å². The topological polar surface area (TPSA) is 114 Å². The van der Waals surface area contributed by atoms with Gasteiger partial charge in [0.25, 0.3) is 5.69 Å². The van der Waals surface area contributed by atoms with Gasteiger partial charge in [-0.05, 0) is 98.5 Å². The van der Waals surface area contributed by atoms with Gasteiger partial charge in [0.2, 0.25) is 0 Å². The standard InChI is InChI=1S/C22H39N.C7H5NO5.2C2H6/c1-6-13-21(4)16(7-2)8-9-17-19-11-10-18(15(3)23)22(19,5)14-12-20(17)21;9-7(10)13-6-3-1-5(2-4-6)8(11)12;2*1-2/h16-20,23H,6-14H2,1-5H3;1-4H,(H,9,10);2*1-2H3. The summed E-state index contributed by atoms with van der Waals surface area (Å²) in [6.45, 7) is 20.1. The van der Waals surface area contributed by atoms with Gasteiger partial charge in [-0.2, -0.15) is 0 Å². The summed E-state index contributed by atoms with van der Waals surface area (Å²) < 4.78 is 4.24. The van der Waals surface area contributed by atoms with Gasteiger partial charge in [-0.15, -0.1) is 0 Å². The van der Waals surface area contributed by atoms with Crippen molar-refractivity contribution in [2.45, 2.75) is 120 Å². The molecule has 228 valence electrons. The molecule has 7 unspecified atom stereocenters. The van der Waals surface area contributed by atoms with Crippen molar-refractivity contribution >= 4 is 17.6 Å². The van der Waals surface area contributed by atoms with E-state index in [-0.39, 0.29) is 11.4 Å². The van der Waals surface area contributed by atoms with Crippen LogP contribution in [0.3, 0.4) is 0 Å². The van der Waals surface area contributed by atoms with E-state index in [0.29, 0.717) is 16.7 Å². The number of ether oxygens (including phenoxy) is 1. The van der Waals surface area contributed by atoms with Gasteiger partial charge >= 0.3 is 6.16 Å². The second-order valence-corrected chi connectivity index (χ2v) is 11.8. The van der Waals surface area contributed by atoms with Crippen molar-refractivity contribution in [1.82, 2.24) is 0 Å². The van der Waals surface area contributed by atoms with Crippen LogP contribution in [0.4, 0.5) is 10.5 Å². The molecule has 3 fully saturated rings. The molecule has 0 amide bonds. The number of carbonyl (C=O) groups is 1. The molecule has 3 aliphatic carbocycles. The van der Waals surface area contributed by atoms with E-state index in [9.17, 15) is 14.9 Å². The normalized spacial score (nSPS) is 31.8. The SMILES string of the molecule is CC.CC.CCCC1(C)C(CC)CCC2C1CCC1(C)C(C(C)=N)CCC21.O=C(O)Oc1ccc([N+](=O)[O-])cc1. The zero-order valence-electron chi connectivity index (χ0n) is 26.6. The zero-order chi connectivity index (χ0) is 30.7. The maximum absolute atomic E-state index is 10.2. The molecule has 1 aromatic carbocycles. The molecule has 7 heteroatoms. The molecule has 0 aliphatic heterocycles. The van der Waals surface area contributed by atoms with Crippen molar-refractivity contribution in [3.63, 3.8) is 0 Å². The van der Waals surface area contributed by atoms with Gasteiger partial charge in [0.1, 0.15) is 5.75 Å². The van der Waals surface area contributed by atoms with Gasteiger partial charge in [-0.1, -0.05) is 68.2 Å². The lowest BCUT2D eigenvalue weighted by Gasteiger charge is -2.59. The number of nitro groups is 1. The molecule has 7 atom stereocenters. The van der Waals surface area contributed by atoms with E-state index in [4.69, 9.17) is 10.5 Å². The molecule has 0 saturated heterocycles. The third-order valence-corrected chi connectivity index (χ3v) is 10.1. The molecule has 40 heavy (non-hydrogen) atoms. The van der Waals surface area contributed by atoms with E-state index in [1.54, 1.807) is 0 Å². The molecule has 0 bridgehead atoms. The fourth-order valence-electron chi connectivity index (χ4n) is 8.58. The second kappa shape index (κ2) is 16.1. The van der Waals surface area contributed by atoms with Crippen LogP contribution >= 0.6 is 0 Å². The summed E-state index contributed by atoms with van der Waals surface area (Å²) in [7, 11) is 0. The van der Waals surface area contributed by atoms with E-state index in [0.717, 1.165) is 41.5 Å². The minimum absolute atomic E-state index is 0.0538. The number of benzene rings is 1. The number of hydrogen-bond acceptors (Lipinski definition) is 5. The molecule has 0 radical (unpaired) electrons. The molecule has 0 spiro atoms. The Morgan fingerprint density at radius 3 is 2.10 bits per heavy atom. The average molecular weight is 561 g/mol. The lowest BCUT2D eigenvalue weighted by Crippen LogP contribution is -2.52.